The number of nitrogens with zero attached hydrogens (tertiary/aromatic N) is 3. The first-order valence-electron chi connectivity index (χ1n) is 16.3. The van der Waals surface area contributed by atoms with Gasteiger partial charge in [-0.25, -0.2) is 4.98 Å². The summed E-state index contributed by atoms with van der Waals surface area (Å²) in [6.45, 7) is 11.1. The van der Waals surface area contributed by atoms with E-state index in [-0.39, 0.29) is 17.9 Å². The molecule has 2 fully saturated rings. The molecule has 9 heteroatoms. The lowest BCUT2D eigenvalue weighted by molar-refractivity contribution is 0.0932. The number of methoxy groups -OCH3 is 1. The molecule has 3 aromatic rings. The second kappa shape index (κ2) is 15.3. The Morgan fingerprint density at radius 1 is 1.04 bits per heavy atom. The first-order valence-corrected chi connectivity index (χ1v) is 16.3. The van der Waals surface area contributed by atoms with Crippen molar-refractivity contribution in [3.8, 4) is 11.5 Å². The van der Waals surface area contributed by atoms with Gasteiger partial charge in [0.15, 0.2) is 0 Å². The van der Waals surface area contributed by atoms with Crippen LogP contribution in [0.3, 0.4) is 0 Å². The highest BCUT2D eigenvalue weighted by Crippen LogP contribution is 2.39. The summed E-state index contributed by atoms with van der Waals surface area (Å²) in [4.78, 5) is 35.5. The molecule has 1 saturated carbocycles. The minimum atomic E-state index is -0.157. The molecule has 2 heterocycles. The number of rotatable bonds is 13. The summed E-state index contributed by atoms with van der Waals surface area (Å²) in [6.07, 6.45) is 5.73. The van der Waals surface area contributed by atoms with Crippen molar-refractivity contribution in [2.75, 3.05) is 44.8 Å². The van der Waals surface area contributed by atoms with Crippen LogP contribution in [0.2, 0.25) is 0 Å². The normalized spacial score (nSPS) is 19.2. The van der Waals surface area contributed by atoms with Crippen LogP contribution in [-0.4, -0.2) is 73.7 Å². The number of ether oxygens (including phenoxy) is 2. The second-order valence-electron chi connectivity index (χ2n) is 12.0. The maximum atomic E-state index is 13.2. The molecule has 45 heavy (non-hydrogen) atoms. The van der Waals surface area contributed by atoms with Crippen LogP contribution in [-0.2, 0) is 6.54 Å². The van der Waals surface area contributed by atoms with Crippen molar-refractivity contribution in [3.05, 3.63) is 83.0 Å². The average molecular weight is 614 g/mol. The number of pyridine rings is 1. The second-order valence-corrected chi connectivity index (χ2v) is 12.0. The Morgan fingerprint density at radius 2 is 1.87 bits per heavy atom. The molecular weight excluding hydrogens is 566 g/mol. The number of nitrogens with one attached hydrogen (secondary N) is 2. The number of benzene rings is 2. The number of fused-ring (bicyclic) bond motifs is 1. The summed E-state index contributed by atoms with van der Waals surface area (Å²) in [5.74, 6) is 2.70. The summed E-state index contributed by atoms with van der Waals surface area (Å²) >= 11 is 0. The van der Waals surface area contributed by atoms with Gasteiger partial charge in [0.1, 0.15) is 23.9 Å². The van der Waals surface area contributed by atoms with Crippen molar-refractivity contribution >= 4 is 17.6 Å². The zero-order chi connectivity index (χ0) is 31.8. The highest BCUT2D eigenvalue weighted by molar-refractivity contribution is 5.96. The maximum Gasteiger partial charge on any atom is 0.253 e. The summed E-state index contributed by atoms with van der Waals surface area (Å²) in [7, 11) is 1.62. The molecule has 2 aliphatic rings. The highest BCUT2D eigenvalue weighted by Gasteiger charge is 2.41. The molecule has 0 bridgehead atoms. The Labute approximate surface area is 267 Å². The first kappa shape index (κ1) is 32.3. The molecule has 3 atom stereocenters. The minimum Gasteiger partial charge on any atom is -0.496 e. The van der Waals surface area contributed by atoms with E-state index in [1.807, 2.05) is 61.5 Å². The summed E-state index contributed by atoms with van der Waals surface area (Å²) in [5, 5.41) is 6.30. The third kappa shape index (κ3) is 7.95. The van der Waals surface area contributed by atoms with Crippen LogP contribution in [0.1, 0.15) is 71.4 Å². The third-order valence-electron chi connectivity index (χ3n) is 9.34. The molecule has 1 aromatic heterocycles. The summed E-state index contributed by atoms with van der Waals surface area (Å²) in [5.41, 5.74) is 3.02. The third-order valence-corrected chi connectivity index (χ3v) is 9.34. The van der Waals surface area contributed by atoms with Gasteiger partial charge >= 0.3 is 0 Å². The fraction of sp³-hybridized carbons (Fsp3) is 0.472. The molecule has 2 N–H and O–H groups in total. The summed E-state index contributed by atoms with van der Waals surface area (Å²) < 4.78 is 11.3. The molecule has 0 radical (unpaired) electrons. The van der Waals surface area contributed by atoms with Crippen LogP contribution in [0.25, 0.3) is 0 Å². The molecule has 9 nitrogen and oxygen atoms in total. The molecule has 1 aliphatic heterocycles. The Bertz CT molecular complexity index is 1440. The molecule has 2 amide bonds. The van der Waals surface area contributed by atoms with Gasteiger partial charge < -0.3 is 29.9 Å². The van der Waals surface area contributed by atoms with E-state index >= 15 is 0 Å². The van der Waals surface area contributed by atoms with Crippen molar-refractivity contribution in [1.82, 2.24) is 20.5 Å². The SMILES string of the molecule is CCN(CC)CCOc1cccc(CNC(=O)c2ccc(N3CCCC4CC(NC(=O)c5cccc(OC)c5C)CC43)nc2)c1. The van der Waals surface area contributed by atoms with E-state index in [0.29, 0.717) is 36.2 Å². The van der Waals surface area contributed by atoms with Gasteiger partial charge in [0.2, 0.25) is 0 Å². The van der Waals surface area contributed by atoms with Gasteiger partial charge in [0, 0.05) is 49.0 Å². The number of likely N-dealkylation sites (N-methyl/N-ethyl adjacent to an activating group) is 1. The number of piperidine rings is 1. The number of anilines is 1. The molecule has 1 saturated heterocycles. The van der Waals surface area contributed by atoms with E-state index in [2.05, 4.69) is 34.3 Å². The molecule has 0 spiro atoms. The van der Waals surface area contributed by atoms with E-state index in [1.165, 1.54) is 0 Å². The molecule has 2 aromatic carbocycles. The van der Waals surface area contributed by atoms with Gasteiger partial charge in [-0.1, -0.05) is 32.0 Å². The number of carbonyl (C=O) groups is 2. The Balaban J connectivity index is 1.14. The van der Waals surface area contributed by atoms with Gasteiger partial charge in [0.25, 0.3) is 11.8 Å². The van der Waals surface area contributed by atoms with Gasteiger partial charge in [-0.3, -0.25) is 9.59 Å². The molecule has 240 valence electrons. The number of hydrogen-bond acceptors (Lipinski definition) is 7. The van der Waals surface area contributed by atoms with Crippen LogP contribution < -0.4 is 25.0 Å². The Kier molecular flexibility index (Phi) is 10.9. The predicted molar refractivity (Wildman–Crippen MR) is 177 cm³/mol. The largest absolute Gasteiger partial charge is 0.496 e. The predicted octanol–water partition coefficient (Wildman–Crippen LogP) is 5.23. The van der Waals surface area contributed by atoms with Crippen LogP contribution in [0.15, 0.2) is 60.8 Å². The lowest BCUT2D eigenvalue weighted by atomic mass is 9.92. The van der Waals surface area contributed by atoms with E-state index in [1.54, 1.807) is 13.3 Å². The number of hydrogen-bond donors (Lipinski definition) is 2. The van der Waals surface area contributed by atoms with E-state index in [9.17, 15) is 9.59 Å². The standard InChI is InChI=1S/C36H47N5O4/c1-5-40(6-2)18-19-45-30-12-7-10-26(20-30)23-38-35(42)28-15-16-34(37-24-28)41-17-9-11-27-21-29(22-32(27)41)39-36(43)31-13-8-14-33(44-4)25(31)3/h7-8,10,12-16,20,24,27,29,32H,5-6,9,11,17-19,21-23H2,1-4H3,(H,38,42)(H,39,43). The Hall–Kier alpha value is -4.11. The number of amides is 2. The topological polar surface area (TPSA) is 96.0 Å². The molecular formula is C36H47N5O4. The van der Waals surface area contributed by atoms with Crippen molar-refractivity contribution in [1.29, 1.82) is 0 Å². The van der Waals surface area contributed by atoms with E-state index < -0.39 is 0 Å². The van der Waals surface area contributed by atoms with Crippen LogP contribution >= 0.6 is 0 Å². The first-order chi connectivity index (χ1) is 21.9. The van der Waals surface area contributed by atoms with Crippen molar-refractivity contribution in [3.63, 3.8) is 0 Å². The molecule has 3 unspecified atom stereocenters. The molecule has 5 rings (SSSR count). The zero-order valence-electron chi connectivity index (χ0n) is 27.1. The zero-order valence-corrected chi connectivity index (χ0v) is 27.1. The quantitative estimate of drug-likeness (QED) is 0.273. The van der Waals surface area contributed by atoms with Crippen LogP contribution in [0.4, 0.5) is 5.82 Å². The minimum absolute atomic E-state index is 0.0513. The lowest BCUT2D eigenvalue weighted by Gasteiger charge is -2.38. The fourth-order valence-corrected chi connectivity index (χ4v) is 6.78. The van der Waals surface area contributed by atoms with E-state index in [4.69, 9.17) is 14.5 Å². The smallest absolute Gasteiger partial charge is 0.253 e. The highest BCUT2D eigenvalue weighted by atomic mass is 16.5. The van der Waals surface area contributed by atoms with Crippen LogP contribution in [0, 0.1) is 12.8 Å². The van der Waals surface area contributed by atoms with E-state index in [0.717, 1.165) is 80.3 Å². The number of aromatic nitrogens is 1. The maximum absolute atomic E-state index is 13.2. The van der Waals surface area contributed by atoms with Crippen LogP contribution in [0.5, 0.6) is 11.5 Å². The van der Waals surface area contributed by atoms with Gasteiger partial charge in [0.05, 0.1) is 12.7 Å². The number of carbonyl (C=O) groups excluding carboxylic acids is 2. The van der Waals surface area contributed by atoms with Crippen molar-refractivity contribution in [2.45, 2.75) is 65.1 Å². The van der Waals surface area contributed by atoms with Crippen molar-refractivity contribution < 1.29 is 19.1 Å². The van der Waals surface area contributed by atoms with Crippen molar-refractivity contribution in [2.24, 2.45) is 5.92 Å². The lowest BCUT2D eigenvalue weighted by Crippen LogP contribution is -2.43. The van der Waals surface area contributed by atoms with Gasteiger partial charge in [-0.2, -0.15) is 0 Å². The Morgan fingerprint density at radius 3 is 2.62 bits per heavy atom. The fourth-order valence-electron chi connectivity index (χ4n) is 6.78. The average Bonchev–Trinajstić information content (AvgIpc) is 3.48. The molecule has 1 aliphatic carbocycles. The summed E-state index contributed by atoms with van der Waals surface area (Å²) in [6, 6.07) is 17.7. The van der Waals surface area contributed by atoms with Gasteiger partial charge in [-0.05, 0) is 93.6 Å². The monoisotopic (exact) mass is 613 g/mol. The van der Waals surface area contributed by atoms with Gasteiger partial charge in [-0.15, -0.1) is 0 Å².